The molecule has 0 aliphatic carbocycles. The smallest absolute Gasteiger partial charge is 0.257 e. The minimum absolute atomic E-state index is 0.130. The molecule has 2 saturated heterocycles. The zero-order valence-corrected chi connectivity index (χ0v) is 13.0. The predicted octanol–water partition coefficient (Wildman–Crippen LogP) is 2.73. The predicted molar refractivity (Wildman–Crippen MR) is 82.4 cm³/mol. The van der Waals surface area contributed by atoms with Crippen molar-refractivity contribution in [1.82, 2.24) is 19.7 Å². The number of aryl methyl sites for hydroxylation is 1. The van der Waals surface area contributed by atoms with Crippen molar-refractivity contribution in [3.63, 3.8) is 0 Å². The number of pyridine rings is 1. The normalized spacial score (nSPS) is 26.5. The molecule has 2 aliphatic heterocycles. The van der Waals surface area contributed by atoms with Gasteiger partial charge in [-0.3, -0.25) is 14.5 Å². The molecule has 2 atom stereocenters. The van der Waals surface area contributed by atoms with Crippen LogP contribution in [0, 0.1) is 12.7 Å². The second-order valence-electron chi connectivity index (χ2n) is 6.58. The minimum atomic E-state index is -0.540. The summed E-state index contributed by atoms with van der Waals surface area (Å²) < 4.78 is 15.9. The molecule has 0 saturated carbocycles. The van der Waals surface area contributed by atoms with Gasteiger partial charge in [0, 0.05) is 24.5 Å². The molecule has 2 aliphatic rings. The monoisotopic (exact) mass is 314 g/mol. The van der Waals surface area contributed by atoms with Crippen molar-refractivity contribution in [3.8, 4) is 0 Å². The Kier molecular flexibility index (Phi) is 3.39. The van der Waals surface area contributed by atoms with Crippen molar-refractivity contribution in [2.45, 2.75) is 50.7 Å². The van der Waals surface area contributed by atoms with Gasteiger partial charge in [-0.25, -0.2) is 4.39 Å². The number of nitrogens with zero attached hydrogens (tertiary/aromatic N) is 4. The van der Waals surface area contributed by atoms with Crippen LogP contribution >= 0.6 is 0 Å². The maximum atomic E-state index is 13.9. The van der Waals surface area contributed by atoms with Crippen molar-refractivity contribution in [2.75, 3.05) is 0 Å². The highest BCUT2D eigenvalue weighted by molar-refractivity contribution is 5.95. The summed E-state index contributed by atoms with van der Waals surface area (Å²) in [5.74, 6) is -0.741. The number of aromatic nitrogens is 3. The number of halogens is 1. The average Bonchev–Trinajstić information content (AvgIpc) is 3.08. The molecule has 1 amide bonds. The zero-order valence-electron chi connectivity index (χ0n) is 13.0. The summed E-state index contributed by atoms with van der Waals surface area (Å²) in [5, 5.41) is 4.42. The van der Waals surface area contributed by atoms with Crippen molar-refractivity contribution in [2.24, 2.45) is 0 Å². The summed E-state index contributed by atoms with van der Waals surface area (Å²) >= 11 is 0. The van der Waals surface area contributed by atoms with Crippen molar-refractivity contribution in [3.05, 3.63) is 47.8 Å². The number of amides is 1. The van der Waals surface area contributed by atoms with Crippen molar-refractivity contribution >= 4 is 5.91 Å². The Morgan fingerprint density at radius 2 is 1.96 bits per heavy atom. The van der Waals surface area contributed by atoms with Crippen LogP contribution in [0.3, 0.4) is 0 Å². The molecule has 6 heteroatoms. The van der Waals surface area contributed by atoms with E-state index in [0.29, 0.717) is 6.04 Å². The number of hydrogen-bond acceptors (Lipinski definition) is 3. The highest BCUT2D eigenvalue weighted by atomic mass is 19.1. The molecule has 0 N–H and O–H groups in total. The summed E-state index contributed by atoms with van der Waals surface area (Å²) in [6.07, 6.45) is 10.2. The van der Waals surface area contributed by atoms with E-state index in [1.165, 1.54) is 12.3 Å². The molecule has 2 bridgehead atoms. The van der Waals surface area contributed by atoms with Crippen LogP contribution in [0.5, 0.6) is 0 Å². The first-order chi connectivity index (χ1) is 11.1. The standard InChI is InChI=1S/C17H19FN4O/c1-11-8-20-21(10-11)14-6-12-2-3-13(7-14)22(12)17(23)15-4-5-19-9-16(15)18/h4-5,8-10,12-14H,2-3,6-7H2,1H3. The van der Waals surface area contributed by atoms with Gasteiger partial charge in [0.25, 0.3) is 5.91 Å². The topological polar surface area (TPSA) is 51.0 Å². The van der Waals surface area contributed by atoms with Gasteiger partial charge in [-0.1, -0.05) is 0 Å². The van der Waals surface area contributed by atoms with Crippen LogP contribution < -0.4 is 0 Å². The summed E-state index contributed by atoms with van der Waals surface area (Å²) in [6.45, 7) is 2.03. The highest BCUT2D eigenvalue weighted by Crippen LogP contribution is 2.41. The fourth-order valence-electron chi connectivity index (χ4n) is 4.02. The van der Waals surface area contributed by atoms with Crippen LogP contribution in [0.4, 0.5) is 4.39 Å². The summed E-state index contributed by atoms with van der Waals surface area (Å²) in [6, 6.07) is 2.14. The van der Waals surface area contributed by atoms with Crippen molar-refractivity contribution in [1.29, 1.82) is 0 Å². The van der Waals surface area contributed by atoms with Crippen LogP contribution in [0.15, 0.2) is 30.9 Å². The Morgan fingerprint density at radius 1 is 1.22 bits per heavy atom. The number of carbonyl (C=O) groups is 1. The molecule has 2 aromatic rings. The fourth-order valence-corrected chi connectivity index (χ4v) is 4.02. The maximum Gasteiger partial charge on any atom is 0.257 e. The molecule has 5 nitrogen and oxygen atoms in total. The number of fused-ring (bicyclic) bond motifs is 2. The Balaban J connectivity index is 1.57. The second kappa shape index (κ2) is 5.44. The van der Waals surface area contributed by atoms with E-state index in [4.69, 9.17) is 0 Å². The lowest BCUT2D eigenvalue weighted by molar-refractivity contribution is 0.0519. The lowest BCUT2D eigenvalue weighted by Crippen LogP contribution is -2.47. The third-order valence-electron chi connectivity index (χ3n) is 5.05. The maximum absolute atomic E-state index is 13.9. The van der Waals surface area contributed by atoms with Crippen molar-refractivity contribution < 1.29 is 9.18 Å². The molecule has 23 heavy (non-hydrogen) atoms. The molecule has 2 aromatic heterocycles. The van der Waals surface area contributed by atoms with E-state index in [9.17, 15) is 9.18 Å². The molecule has 0 radical (unpaired) electrons. The number of hydrogen-bond donors (Lipinski definition) is 0. The zero-order chi connectivity index (χ0) is 16.0. The van der Waals surface area contributed by atoms with E-state index < -0.39 is 5.82 Å². The van der Waals surface area contributed by atoms with E-state index in [1.54, 1.807) is 0 Å². The number of rotatable bonds is 2. The second-order valence-corrected chi connectivity index (χ2v) is 6.58. The Hall–Kier alpha value is -2.24. The molecule has 0 spiro atoms. The largest absolute Gasteiger partial charge is 0.332 e. The molecule has 4 heterocycles. The molecule has 120 valence electrons. The minimum Gasteiger partial charge on any atom is -0.332 e. The van der Waals surface area contributed by atoms with E-state index in [1.807, 2.05) is 22.7 Å². The lowest BCUT2D eigenvalue weighted by Gasteiger charge is -2.39. The van der Waals surface area contributed by atoms with Gasteiger partial charge in [-0.2, -0.15) is 5.10 Å². The first-order valence-electron chi connectivity index (χ1n) is 8.06. The fraction of sp³-hybridized carbons (Fsp3) is 0.471. The summed E-state index contributed by atoms with van der Waals surface area (Å²) in [4.78, 5) is 18.4. The van der Waals surface area contributed by atoms with Gasteiger partial charge in [-0.15, -0.1) is 0 Å². The lowest BCUT2D eigenvalue weighted by atomic mass is 9.96. The Labute approximate surface area is 134 Å². The molecule has 0 aromatic carbocycles. The van der Waals surface area contributed by atoms with Crippen LogP contribution in [0.25, 0.3) is 0 Å². The van der Waals surface area contributed by atoms with Crippen LogP contribution in [-0.4, -0.2) is 37.7 Å². The third kappa shape index (κ3) is 2.42. The average molecular weight is 314 g/mol. The first-order valence-corrected chi connectivity index (χ1v) is 8.06. The summed E-state index contributed by atoms with van der Waals surface area (Å²) in [5.41, 5.74) is 1.28. The number of carbonyl (C=O) groups excluding carboxylic acids is 1. The van der Waals surface area contributed by atoms with Gasteiger partial charge in [0.2, 0.25) is 0 Å². The molecule has 4 rings (SSSR count). The first kappa shape index (κ1) is 14.4. The Bertz CT molecular complexity index is 730. The van der Waals surface area contributed by atoms with Gasteiger partial charge < -0.3 is 4.90 Å². The quantitative estimate of drug-likeness (QED) is 0.856. The van der Waals surface area contributed by atoms with Crippen LogP contribution in [0.1, 0.15) is 47.6 Å². The van der Waals surface area contributed by atoms with Gasteiger partial charge >= 0.3 is 0 Å². The van der Waals surface area contributed by atoms with Gasteiger partial charge in [-0.05, 0) is 44.2 Å². The summed E-state index contributed by atoms with van der Waals surface area (Å²) in [7, 11) is 0. The Morgan fingerprint density at radius 3 is 2.57 bits per heavy atom. The third-order valence-corrected chi connectivity index (χ3v) is 5.05. The SMILES string of the molecule is Cc1cnn(C2CC3CCC(C2)N3C(=O)c2ccncc2F)c1. The van der Waals surface area contributed by atoms with Gasteiger partial charge in [0.05, 0.1) is 24.0 Å². The van der Waals surface area contributed by atoms with E-state index >= 15 is 0 Å². The molecule has 2 fully saturated rings. The molecular weight excluding hydrogens is 295 g/mol. The van der Waals surface area contributed by atoms with E-state index in [0.717, 1.165) is 37.4 Å². The van der Waals surface area contributed by atoms with Crippen LogP contribution in [-0.2, 0) is 0 Å². The molecule has 2 unspecified atom stereocenters. The molecular formula is C17H19FN4O. The van der Waals surface area contributed by atoms with E-state index in [-0.39, 0.29) is 23.6 Å². The highest BCUT2D eigenvalue weighted by Gasteiger charge is 2.44. The number of piperidine rings is 1. The van der Waals surface area contributed by atoms with Gasteiger partial charge in [0.15, 0.2) is 5.82 Å². The van der Waals surface area contributed by atoms with Crippen LogP contribution in [0.2, 0.25) is 0 Å². The van der Waals surface area contributed by atoms with E-state index in [2.05, 4.69) is 16.3 Å². The van der Waals surface area contributed by atoms with Gasteiger partial charge in [0.1, 0.15) is 0 Å².